The van der Waals surface area contributed by atoms with Gasteiger partial charge in [-0.1, -0.05) is 6.07 Å². The lowest BCUT2D eigenvalue weighted by atomic mass is 10.0. The van der Waals surface area contributed by atoms with Gasteiger partial charge in [0, 0.05) is 24.3 Å². The molecular weight excluding hydrogens is 370 g/mol. The van der Waals surface area contributed by atoms with Gasteiger partial charge < -0.3 is 20.1 Å². The maximum atomic E-state index is 12.6. The van der Waals surface area contributed by atoms with Gasteiger partial charge in [0.25, 0.3) is 5.91 Å². The number of nitrogens with one attached hydrogen (secondary N) is 2. The van der Waals surface area contributed by atoms with E-state index in [1.807, 2.05) is 12.1 Å². The highest BCUT2D eigenvalue weighted by molar-refractivity contribution is 5.96. The van der Waals surface area contributed by atoms with Crippen molar-refractivity contribution in [2.75, 3.05) is 38.7 Å². The van der Waals surface area contributed by atoms with Gasteiger partial charge in [0.05, 0.1) is 6.54 Å². The van der Waals surface area contributed by atoms with Gasteiger partial charge >= 0.3 is 0 Å². The summed E-state index contributed by atoms with van der Waals surface area (Å²) in [7, 11) is 1.59. The number of benzene rings is 2. The molecule has 0 bridgehead atoms. The zero-order valence-corrected chi connectivity index (χ0v) is 16.4. The van der Waals surface area contributed by atoms with Crippen LogP contribution < -0.4 is 20.1 Å². The molecule has 2 amide bonds. The second kappa shape index (κ2) is 8.53. The summed E-state index contributed by atoms with van der Waals surface area (Å²) in [6.07, 6.45) is 2.06. The predicted octanol–water partition coefficient (Wildman–Crippen LogP) is 2.59. The molecule has 0 saturated carbocycles. The minimum atomic E-state index is -0.151. The van der Waals surface area contributed by atoms with Crippen LogP contribution in [0.1, 0.15) is 34.8 Å². The van der Waals surface area contributed by atoms with Crippen LogP contribution in [-0.2, 0) is 4.79 Å². The van der Waals surface area contributed by atoms with Crippen LogP contribution in [0.2, 0.25) is 0 Å². The van der Waals surface area contributed by atoms with Gasteiger partial charge in [-0.05, 0) is 61.3 Å². The molecule has 2 aliphatic rings. The maximum Gasteiger partial charge on any atom is 0.251 e. The molecule has 0 aliphatic carbocycles. The van der Waals surface area contributed by atoms with Gasteiger partial charge in [-0.15, -0.1) is 0 Å². The molecule has 0 spiro atoms. The summed E-state index contributed by atoms with van der Waals surface area (Å²) in [6, 6.07) is 13.1. The number of ether oxygens (including phenoxy) is 2. The summed E-state index contributed by atoms with van der Waals surface area (Å²) >= 11 is 0. The summed E-state index contributed by atoms with van der Waals surface area (Å²) in [5, 5.41) is 5.50. The fourth-order valence-electron chi connectivity index (χ4n) is 3.89. The molecule has 1 atom stereocenters. The lowest BCUT2D eigenvalue weighted by Crippen LogP contribution is -2.33. The first kappa shape index (κ1) is 19.3. The predicted molar refractivity (Wildman–Crippen MR) is 109 cm³/mol. The number of anilines is 1. The van der Waals surface area contributed by atoms with Crippen molar-refractivity contribution in [3.8, 4) is 11.5 Å². The Kier molecular flexibility index (Phi) is 5.67. The van der Waals surface area contributed by atoms with Crippen molar-refractivity contribution in [2.24, 2.45) is 0 Å². The highest BCUT2D eigenvalue weighted by Crippen LogP contribution is 2.37. The highest BCUT2D eigenvalue weighted by atomic mass is 16.6. The second-order valence-corrected chi connectivity index (χ2v) is 7.24. The van der Waals surface area contributed by atoms with Gasteiger partial charge in [-0.25, -0.2) is 0 Å². The topological polar surface area (TPSA) is 79.9 Å². The van der Waals surface area contributed by atoms with Crippen LogP contribution >= 0.6 is 0 Å². The Morgan fingerprint density at radius 2 is 1.83 bits per heavy atom. The molecule has 2 heterocycles. The molecular formula is C22H25N3O4. The minimum absolute atomic E-state index is 0.0675. The van der Waals surface area contributed by atoms with Crippen molar-refractivity contribution in [1.82, 2.24) is 10.2 Å². The number of fused-ring (bicyclic) bond motifs is 1. The Labute approximate surface area is 170 Å². The number of carbonyl (C=O) groups is 2. The smallest absolute Gasteiger partial charge is 0.251 e. The van der Waals surface area contributed by atoms with E-state index in [0.717, 1.165) is 36.4 Å². The molecule has 1 fully saturated rings. The van der Waals surface area contributed by atoms with Crippen molar-refractivity contribution < 1.29 is 19.1 Å². The minimum Gasteiger partial charge on any atom is -0.486 e. The summed E-state index contributed by atoms with van der Waals surface area (Å²) in [5.41, 5.74) is 2.39. The molecule has 2 aromatic rings. The Morgan fingerprint density at radius 1 is 1.07 bits per heavy atom. The molecule has 152 valence electrons. The van der Waals surface area contributed by atoms with Crippen molar-refractivity contribution in [3.05, 3.63) is 53.6 Å². The van der Waals surface area contributed by atoms with Gasteiger partial charge in [-0.3, -0.25) is 14.5 Å². The van der Waals surface area contributed by atoms with Gasteiger partial charge in [-0.2, -0.15) is 0 Å². The standard InChI is InChI=1S/C22H25N3O4/c1-23-22(27)15-4-7-17(8-5-15)24-21(26)14-25-10-2-3-18(25)16-6-9-19-20(13-16)29-12-11-28-19/h4-9,13,18H,2-3,10-12,14H2,1H3,(H,23,27)(H,24,26)/t18-/m0/s1. The van der Waals surface area contributed by atoms with Crippen molar-refractivity contribution >= 4 is 17.5 Å². The number of hydrogen-bond donors (Lipinski definition) is 2. The summed E-state index contributed by atoms with van der Waals surface area (Å²) in [4.78, 5) is 26.4. The van der Waals surface area contributed by atoms with E-state index in [-0.39, 0.29) is 17.9 Å². The monoisotopic (exact) mass is 395 g/mol. The van der Waals surface area contributed by atoms with Crippen LogP contribution in [0.25, 0.3) is 0 Å². The molecule has 2 aromatic carbocycles. The number of rotatable bonds is 5. The summed E-state index contributed by atoms with van der Waals surface area (Å²) in [5.74, 6) is 1.34. The first-order valence-corrected chi connectivity index (χ1v) is 9.89. The van der Waals surface area contributed by atoms with Crippen molar-refractivity contribution in [3.63, 3.8) is 0 Å². The lowest BCUT2D eigenvalue weighted by molar-refractivity contribution is -0.117. The largest absolute Gasteiger partial charge is 0.486 e. The lowest BCUT2D eigenvalue weighted by Gasteiger charge is -2.26. The summed E-state index contributed by atoms with van der Waals surface area (Å²) in [6.45, 7) is 2.33. The quantitative estimate of drug-likeness (QED) is 0.814. The third-order valence-electron chi connectivity index (χ3n) is 5.32. The molecule has 0 aromatic heterocycles. The molecule has 0 radical (unpaired) electrons. The van der Waals surface area contributed by atoms with Crippen LogP contribution in [0.3, 0.4) is 0 Å². The molecule has 7 heteroatoms. The van der Waals surface area contributed by atoms with E-state index in [1.165, 1.54) is 0 Å². The number of nitrogens with zero attached hydrogens (tertiary/aromatic N) is 1. The Hall–Kier alpha value is -3.06. The third-order valence-corrected chi connectivity index (χ3v) is 5.32. The molecule has 4 rings (SSSR count). The van der Waals surface area contributed by atoms with Gasteiger partial charge in [0.15, 0.2) is 11.5 Å². The van der Waals surface area contributed by atoms with Crippen LogP contribution in [0.15, 0.2) is 42.5 Å². The first-order chi connectivity index (χ1) is 14.1. The average Bonchev–Trinajstić information content (AvgIpc) is 3.21. The number of carbonyl (C=O) groups excluding carboxylic acids is 2. The van der Waals surface area contributed by atoms with E-state index in [9.17, 15) is 9.59 Å². The van der Waals surface area contributed by atoms with E-state index in [1.54, 1.807) is 31.3 Å². The SMILES string of the molecule is CNC(=O)c1ccc(NC(=O)CN2CCC[C@H]2c2ccc3c(c2)OCCO3)cc1. The molecule has 7 nitrogen and oxygen atoms in total. The van der Waals surface area contributed by atoms with Crippen LogP contribution in [-0.4, -0.2) is 50.1 Å². The van der Waals surface area contributed by atoms with E-state index in [2.05, 4.69) is 21.6 Å². The normalized spacial score (nSPS) is 18.3. The molecule has 29 heavy (non-hydrogen) atoms. The van der Waals surface area contributed by atoms with E-state index < -0.39 is 0 Å². The Morgan fingerprint density at radius 3 is 2.59 bits per heavy atom. The van der Waals surface area contributed by atoms with Crippen LogP contribution in [0.5, 0.6) is 11.5 Å². The number of hydrogen-bond acceptors (Lipinski definition) is 5. The van der Waals surface area contributed by atoms with Crippen molar-refractivity contribution in [1.29, 1.82) is 0 Å². The molecule has 0 unspecified atom stereocenters. The average molecular weight is 395 g/mol. The first-order valence-electron chi connectivity index (χ1n) is 9.89. The van der Waals surface area contributed by atoms with Crippen LogP contribution in [0.4, 0.5) is 5.69 Å². The molecule has 2 N–H and O–H groups in total. The maximum absolute atomic E-state index is 12.6. The number of amides is 2. The van der Waals surface area contributed by atoms with Gasteiger partial charge in [0.1, 0.15) is 13.2 Å². The highest BCUT2D eigenvalue weighted by Gasteiger charge is 2.28. The van der Waals surface area contributed by atoms with E-state index in [4.69, 9.17) is 9.47 Å². The second-order valence-electron chi connectivity index (χ2n) is 7.24. The fourth-order valence-corrected chi connectivity index (χ4v) is 3.89. The molecule has 1 saturated heterocycles. The van der Waals surface area contributed by atoms with Gasteiger partial charge in [0.2, 0.25) is 5.91 Å². The summed E-state index contributed by atoms with van der Waals surface area (Å²) < 4.78 is 11.3. The zero-order chi connectivity index (χ0) is 20.2. The zero-order valence-electron chi connectivity index (χ0n) is 16.4. The number of likely N-dealkylation sites (tertiary alicyclic amines) is 1. The van der Waals surface area contributed by atoms with E-state index in [0.29, 0.717) is 31.0 Å². The van der Waals surface area contributed by atoms with E-state index >= 15 is 0 Å². The Bertz CT molecular complexity index is 897. The molecule has 2 aliphatic heterocycles. The Balaban J connectivity index is 1.39. The fraction of sp³-hybridized carbons (Fsp3) is 0.364. The van der Waals surface area contributed by atoms with Crippen molar-refractivity contribution in [2.45, 2.75) is 18.9 Å². The van der Waals surface area contributed by atoms with Crippen LogP contribution in [0, 0.1) is 0 Å². The third kappa shape index (κ3) is 4.35.